The fraction of sp³-hybridized carbons (Fsp3) is 0.389. The van der Waals surface area contributed by atoms with E-state index in [1.54, 1.807) is 9.80 Å². The average molecular weight is 667 g/mol. The predicted octanol–water partition coefficient (Wildman–Crippen LogP) is 4.49. The molecule has 2 aliphatic heterocycles. The van der Waals surface area contributed by atoms with Gasteiger partial charge < -0.3 is 26.0 Å². The van der Waals surface area contributed by atoms with E-state index in [2.05, 4.69) is 41.7 Å². The fourth-order valence-electron chi connectivity index (χ4n) is 6.55. The van der Waals surface area contributed by atoms with E-state index in [1.165, 1.54) is 0 Å². The number of nitrogens with two attached hydrogens (primary N) is 1. The Balaban J connectivity index is 0.000000671. The first-order chi connectivity index (χ1) is 23.0. The zero-order valence-electron chi connectivity index (χ0n) is 26.6. The van der Waals surface area contributed by atoms with Crippen LogP contribution in [0, 0.1) is 0 Å². The molecule has 3 aromatic carbocycles. The molecule has 0 saturated carbocycles. The van der Waals surface area contributed by atoms with Gasteiger partial charge in [-0.3, -0.25) is 14.4 Å². The van der Waals surface area contributed by atoms with Gasteiger partial charge >= 0.3 is 12.1 Å². The molecule has 3 amide bonds. The summed E-state index contributed by atoms with van der Waals surface area (Å²) in [5, 5.41) is 10.1. The summed E-state index contributed by atoms with van der Waals surface area (Å²) in [6, 6.07) is 29.5. The highest BCUT2D eigenvalue weighted by Crippen LogP contribution is 2.43. The van der Waals surface area contributed by atoms with Gasteiger partial charge in [-0.15, -0.1) is 0 Å². The number of likely N-dealkylation sites (tertiary alicyclic amines) is 2. The number of alkyl halides is 3. The first-order valence-electron chi connectivity index (χ1n) is 16.0. The number of carboxylic acids is 1. The Morgan fingerprint density at radius 2 is 1.19 bits per heavy atom. The molecule has 5 rings (SSSR count). The Bertz CT molecular complexity index is 1430. The van der Waals surface area contributed by atoms with E-state index in [9.17, 15) is 27.6 Å². The molecule has 0 unspecified atom stereocenters. The number of carbonyl (C=O) groups excluding carboxylic acids is 3. The fourth-order valence-corrected chi connectivity index (χ4v) is 6.55. The van der Waals surface area contributed by atoms with Crippen LogP contribution in [0.4, 0.5) is 13.2 Å². The number of carbonyl (C=O) groups is 4. The van der Waals surface area contributed by atoms with Crippen LogP contribution in [0.2, 0.25) is 0 Å². The highest BCUT2D eigenvalue weighted by molar-refractivity contribution is 5.93. The molecule has 2 saturated heterocycles. The molecule has 0 spiro atoms. The number of hydrogen-bond donors (Lipinski definition) is 3. The number of nitrogens with zero attached hydrogens (tertiary/aromatic N) is 2. The zero-order chi connectivity index (χ0) is 34.7. The maximum absolute atomic E-state index is 14.4. The summed E-state index contributed by atoms with van der Waals surface area (Å²) in [6.07, 6.45) is -1.41. The maximum atomic E-state index is 14.4. The van der Waals surface area contributed by atoms with E-state index in [0.717, 1.165) is 29.5 Å². The second-order valence-corrected chi connectivity index (χ2v) is 11.9. The molecule has 9 nitrogen and oxygen atoms in total. The summed E-state index contributed by atoms with van der Waals surface area (Å²) in [5.41, 5.74) is 7.93. The first-order valence-corrected chi connectivity index (χ1v) is 16.0. The highest BCUT2D eigenvalue weighted by atomic mass is 19.4. The lowest BCUT2D eigenvalue weighted by atomic mass is 9.67. The predicted molar refractivity (Wildman–Crippen MR) is 174 cm³/mol. The van der Waals surface area contributed by atoms with E-state index in [-0.39, 0.29) is 24.1 Å². The lowest BCUT2D eigenvalue weighted by Crippen LogP contribution is -2.53. The van der Waals surface area contributed by atoms with Gasteiger partial charge in [0.15, 0.2) is 0 Å². The number of carboxylic acid groups (broad SMARTS) is 1. The van der Waals surface area contributed by atoms with Crippen molar-refractivity contribution in [3.05, 3.63) is 108 Å². The van der Waals surface area contributed by atoms with Crippen molar-refractivity contribution in [2.24, 2.45) is 5.73 Å². The average Bonchev–Trinajstić information content (AvgIpc) is 3.79. The molecular weight excluding hydrogens is 625 g/mol. The van der Waals surface area contributed by atoms with Gasteiger partial charge in [0.05, 0.1) is 5.41 Å². The second-order valence-electron chi connectivity index (χ2n) is 11.9. The van der Waals surface area contributed by atoms with Crippen molar-refractivity contribution >= 4 is 23.7 Å². The molecule has 2 aliphatic rings. The Labute approximate surface area is 277 Å². The summed E-state index contributed by atoms with van der Waals surface area (Å²) in [7, 11) is 0. The molecule has 0 radical (unpaired) electrons. The molecular formula is C36H41F3N4O5. The topological polar surface area (TPSA) is 133 Å². The first kappa shape index (κ1) is 36.1. The molecule has 2 heterocycles. The van der Waals surface area contributed by atoms with Gasteiger partial charge in [0.2, 0.25) is 17.7 Å². The van der Waals surface area contributed by atoms with Crippen LogP contribution < -0.4 is 11.1 Å². The highest BCUT2D eigenvalue weighted by Gasteiger charge is 2.45. The Kier molecular flexibility index (Phi) is 12.4. The molecule has 2 fully saturated rings. The molecule has 2 atom stereocenters. The number of halogens is 3. The van der Waals surface area contributed by atoms with Crippen LogP contribution in [0.15, 0.2) is 91.0 Å². The van der Waals surface area contributed by atoms with Crippen LogP contribution in [-0.2, 0) is 24.6 Å². The number of benzene rings is 3. The van der Waals surface area contributed by atoms with E-state index < -0.39 is 29.6 Å². The van der Waals surface area contributed by atoms with Crippen molar-refractivity contribution < 1.29 is 37.5 Å². The van der Waals surface area contributed by atoms with Crippen LogP contribution in [0.25, 0.3) is 0 Å². The summed E-state index contributed by atoms with van der Waals surface area (Å²) in [6.45, 7) is 2.07. The van der Waals surface area contributed by atoms with Crippen LogP contribution in [0.3, 0.4) is 0 Å². The Hall–Kier alpha value is -4.71. The Morgan fingerprint density at radius 3 is 1.62 bits per heavy atom. The molecule has 256 valence electrons. The Morgan fingerprint density at radius 1 is 0.750 bits per heavy atom. The van der Waals surface area contributed by atoms with E-state index >= 15 is 0 Å². The lowest BCUT2D eigenvalue weighted by Gasteiger charge is -2.38. The lowest BCUT2D eigenvalue weighted by molar-refractivity contribution is -0.192. The molecule has 12 heteroatoms. The summed E-state index contributed by atoms with van der Waals surface area (Å²) < 4.78 is 31.7. The van der Waals surface area contributed by atoms with Crippen molar-refractivity contribution in [1.29, 1.82) is 0 Å². The van der Waals surface area contributed by atoms with Gasteiger partial charge in [0, 0.05) is 26.1 Å². The molecule has 48 heavy (non-hydrogen) atoms. The second kappa shape index (κ2) is 16.4. The third-order valence-corrected chi connectivity index (χ3v) is 8.84. The van der Waals surface area contributed by atoms with Crippen LogP contribution in [0.1, 0.15) is 55.2 Å². The monoisotopic (exact) mass is 666 g/mol. The minimum absolute atomic E-state index is 0.0550. The quantitative estimate of drug-likeness (QED) is 0.216. The van der Waals surface area contributed by atoms with Crippen molar-refractivity contribution in [2.75, 3.05) is 26.2 Å². The van der Waals surface area contributed by atoms with Crippen LogP contribution in [-0.4, -0.2) is 83.0 Å². The minimum atomic E-state index is -5.08. The van der Waals surface area contributed by atoms with E-state index in [1.807, 2.05) is 54.6 Å². The third kappa shape index (κ3) is 8.41. The van der Waals surface area contributed by atoms with Crippen molar-refractivity contribution in [3.8, 4) is 0 Å². The van der Waals surface area contributed by atoms with Crippen molar-refractivity contribution in [3.63, 3.8) is 0 Å². The number of hydrogen-bond acceptors (Lipinski definition) is 5. The van der Waals surface area contributed by atoms with Gasteiger partial charge in [-0.05, 0) is 55.3 Å². The SMILES string of the molecule is NCCCNC(=O)[C@H]1CCCN1C(=O)[C@@H]1CCCN1C(=O)CC(c1ccccc1)(c1ccccc1)c1ccccc1.O=C(O)C(F)(F)F. The number of nitrogens with one attached hydrogen (secondary N) is 1. The van der Waals surface area contributed by atoms with Gasteiger partial charge in [-0.25, -0.2) is 4.79 Å². The van der Waals surface area contributed by atoms with Crippen LogP contribution in [0.5, 0.6) is 0 Å². The van der Waals surface area contributed by atoms with Gasteiger partial charge in [0.25, 0.3) is 0 Å². The summed E-state index contributed by atoms with van der Waals surface area (Å²) in [5.74, 6) is -3.05. The molecule has 4 N–H and O–H groups in total. The molecule has 3 aromatic rings. The van der Waals surface area contributed by atoms with Crippen molar-refractivity contribution in [1.82, 2.24) is 15.1 Å². The van der Waals surface area contributed by atoms with Crippen LogP contribution >= 0.6 is 0 Å². The van der Waals surface area contributed by atoms with Gasteiger partial charge in [0.1, 0.15) is 12.1 Å². The smallest absolute Gasteiger partial charge is 0.475 e. The van der Waals surface area contributed by atoms with Gasteiger partial charge in [-0.1, -0.05) is 91.0 Å². The molecule has 0 aliphatic carbocycles. The van der Waals surface area contributed by atoms with Crippen molar-refractivity contribution in [2.45, 2.75) is 62.2 Å². The summed E-state index contributed by atoms with van der Waals surface area (Å²) in [4.78, 5) is 53.5. The standard InChI is InChI=1S/C34H40N4O3.C2HF3O2/c35-21-12-22-36-32(40)29-19-10-24-38(29)33(41)30-20-11-23-37(30)31(39)25-34(26-13-4-1-5-14-26,27-15-6-2-7-16-27)28-17-8-3-9-18-28;3-2(4,5)1(6)7/h1-9,13-18,29-30H,10-12,19-25,35H2,(H,36,40);(H,6,7)/t29-,30+;/m1./s1. The largest absolute Gasteiger partial charge is 0.490 e. The van der Waals surface area contributed by atoms with E-state index in [4.69, 9.17) is 15.6 Å². The maximum Gasteiger partial charge on any atom is 0.490 e. The third-order valence-electron chi connectivity index (χ3n) is 8.84. The number of amides is 3. The molecule has 0 bridgehead atoms. The minimum Gasteiger partial charge on any atom is -0.475 e. The van der Waals surface area contributed by atoms with Gasteiger partial charge in [-0.2, -0.15) is 13.2 Å². The number of aliphatic carboxylic acids is 1. The normalized spacial score (nSPS) is 17.8. The molecule has 0 aromatic heterocycles. The summed E-state index contributed by atoms with van der Waals surface area (Å²) >= 11 is 0. The zero-order valence-corrected chi connectivity index (χ0v) is 26.6. The van der Waals surface area contributed by atoms with E-state index in [0.29, 0.717) is 45.4 Å². The number of rotatable bonds is 10.